The minimum atomic E-state index is 0.0401. The first-order valence-corrected chi connectivity index (χ1v) is 7.60. The number of nitrogens with zero attached hydrogens (tertiary/aromatic N) is 1. The quantitative estimate of drug-likeness (QED) is 0.790. The molecule has 1 amide bonds. The van der Waals surface area contributed by atoms with Gasteiger partial charge in [-0.2, -0.15) is 0 Å². The Balaban J connectivity index is 2.03. The summed E-state index contributed by atoms with van der Waals surface area (Å²) in [5.41, 5.74) is 1.69. The molecule has 3 rings (SSSR count). The van der Waals surface area contributed by atoms with Crippen LogP contribution in [0.1, 0.15) is 41.6 Å². The van der Waals surface area contributed by atoms with Crippen LogP contribution in [0.15, 0.2) is 23.1 Å². The average Bonchev–Trinajstić information content (AvgIpc) is 2.85. The molecule has 1 heterocycles. The predicted molar refractivity (Wildman–Crippen MR) is 75.3 cm³/mol. The number of aryl methyl sites for hydroxylation is 1. The third-order valence-electron chi connectivity index (χ3n) is 4.00. The fraction of sp³-hybridized carbons (Fsp3) is 0.467. The first kappa shape index (κ1) is 12.7. The molecule has 1 saturated carbocycles. The summed E-state index contributed by atoms with van der Waals surface area (Å²) in [7, 11) is 0. The van der Waals surface area contributed by atoms with Crippen LogP contribution in [0.2, 0.25) is 0 Å². The Morgan fingerprint density at radius 3 is 2.68 bits per heavy atom. The van der Waals surface area contributed by atoms with Gasteiger partial charge in [0.15, 0.2) is 0 Å². The minimum Gasteiger partial charge on any atom is -0.327 e. The lowest BCUT2D eigenvalue weighted by Gasteiger charge is -2.27. The summed E-state index contributed by atoms with van der Waals surface area (Å²) in [5.74, 6) is 0.0401. The number of thioether (sulfide) groups is 1. The molecule has 0 atom stereocenters. The minimum absolute atomic E-state index is 0.0401. The Hall–Kier alpha value is -1.29. The Morgan fingerprint density at radius 1 is 1.21 bits per heavy atom. The lowest BCUT2D eigenvalue weighted by Crippen LogP contribution is -2.40. The summed E-state index contributed by atoms with van der Waals surface area (Å²) in [6.45, 7) is 2.20. The molecule has 1 aromatic carbocycles. The number of hydrogen-bond donors (Lipinski definition) is 0. The van der Waals surface area contributed by atoms with E-state index in [-0.39, 0.29) is 23.6 Å². The molecular formula is C15H17NO2S. The summed E-state index contributed by atoms with van der Waals surface area (Å²) < 4.78 is 0. The van der Waals surface area contributed by atoms with E-state index < -0.39 is 0 Å². The summed E-state index contributed by atoms with van der Waals surface area (Å²) in [6, 6.07) is 5.98. The van der Waals surface area contributed by atoms with Crippen molar-refractivity contribution in [2.24, 2.45) is 0 Å². The van der Waals surface area contributed by atoms with Crippen molar-refractivity contribution in [2.45, 2.75) is 43.5 Å². The van der Waals surface area contributed by atoms with Gasteiger partial charge in [0.2, 0.25) is 5.12 Å². The number of benzene rings is 1. The molecule has 1 fully saturated rings. The number of carbonyl (C=O) groups is 2. The van der Waals surface area contributed by atoms with Crippen LogP contribution in [0.5, 0.6) is 0 Å². The van der Waals surface area contributed by atoms with E-state index in [0.717, 1.165) is 41.7 Å². The maximum atomic E-state index is 12.8. The second kappa shape index (κ2) is 5.00. The van der Waals surface area contributed by atoms with Gasteiger partial charge in [0.1, 0.15) is 0 Å². The SMILES string of the molecule is Cc1cccc2c1C(=O)N(C1CCCC1)CC(=O)S2. The van der Waals surface area contributed by atoms with E-state index in [4.69, 9.17) is 0 Å². The smallest absolute Gasteiger partial charge is 0.255 e. The Kier molecular flexibility index (Phi) is 3.35. The fourth-order valence-electron chi connectivity index (χ4n) is 3.02. The van der Waals surface area contributed by atoms with E-state index in [9.17, 15) is 9.59 Å². The van der Waals surface area contributed by atoms with Crippen molar-refractivity contribution < 1.29 is 9.59 Å². The van der Waals surface area contributed by atoms with Gasteiger partial charge in [-0.15, -0.1) is 0 Å². The van der Waals surface area contributed by atoms with Crippen LogP contribution in [0.3, 0.4) is 0 Å². The number of carbonyl (C=O) groups excluding carboxylic acids is 2. The van der Waals surface area contributed by atoms with E-state index >= 15 is 0 Å². The lowest BCUT2D eigenvalue weighted by molar-refractivity contribution is -0.111. The lowest BCUT2D eigenvalue weighted by atomic mass is 10.1. The second-order valence-electron chi connectivity index (χ2n) is 5.29. The Labute approximate surface area is 117 Å². The number of amides is 1. The first-order valence-electron chi connectivity index (χ1n) is 6.78. The van der Waals surface area contributed by atoms with Crippen molar-refractivity contribution in [1.29, 1.82) is 0 Å². The molecule has 1 aliphatic carbocycles. The second-order valence-corrected chi connectivity index (χ2v) is 6.39. The molecule has 4 heteroatoms. The highest BCUT2D eigenvalue weighted by molar-refractivity contribution is 8.13. The molecule has 1 aliphatic heterocycles. The van der Waals surface area contributed by atoms with E-state index in [1.165, 1.54) is 11.8 Å². The summed E-state index contributed by atoms with van der Waals surface area (Å²) in [4.78, 5) is 27.4. The molecule has 0 aromatic heterocycles. The van der Waals surface area contributed by atoms with Crippen molar-refractivity contribution in [3.8, 4) is 0 Å². The monoisotopic (exact) mass is 275 g/mol. The molecule has 0 saturated heterocycles. The van der Waals surface area contributed by atoms with Crippen LogP contribution in [0, 0.1) is 6.92 Å². The molecule has 0 unspecified atom stereocenters. The van der Waals surface area contributed by atoms with Gasteiger partial charge >= 0.3 is 0 Å². The molecule has 100 valence electrons. The normalized spacial score (nSPS) is 20.6. The summed E-state index contributed by atoms with van der Waals surface area (Å²) >= 11 is 1.21. The maximum Gasteiger partial charge on any atom is 0.255 e. The summed E-state index contributed by atoms with van der Waals surface area (Å²) in [5, 5.41) is 0.0737. The standard InChI is InChI=1S/C15H17NO2S/c1-10-5-4-8-12-14(10)15(18)16(9-13(17)19-12)11-6-2-3-7-11/h4-5,8,11H,2-3,6-7,9H2,1H3. The van der Waals surface area contributed by atoms with Gasteiger partial charge in [-0.05, 0) is 43.2 Å². The van der Waals surface area contributed by atoms with Gasteiger partial charge < -0.3 is 4.90 Å². The van der Waals surface area contributed by atoms with E-state index in [1.807, 2.05) is 25.1 Å². The molecule has 0 radical (unpaired) electrons. The molecule has 1 aromatic rings. The molecular weight excluding hydrogens is 258 g/mol. The molecule has 2 aliphatic rings. The third-order valence-corrected chi connectivity index (χ3v) is 4.91. The van der Waals surface area contributed by atoms with Crippen LogP contribution >= 0.6 is 11.8 Å². The van der Waals surface area contributed by atoms with Crippen molar-refractivity contribution in [1.82, 2.24) is 4.90 Å². The molecule has 3 nitrogen and oxygen atoms in total. The highest BCUT2D eigenvalue weighted by atomic mass is 32.2. The van der Waals surface area contributed by atoms with Crippen LogP contribution in [0.4, 0.5) is 0 Å². The van der Waals surface area contributed by atoms with E-state index in [0.29, 0.717) is 0 Å². The first-order chi connectivity index (χ1) is 9.16. The van der Waals surface area contributed by atoms with Crippen molar-refractivity contribution in [3.63, 3.8) is 0 Å². The topological polar surface area (TPSA) is 37.4 Å². The average molecular weight is 275 g/mol. The van der Waals surface area contributed by atoms with Crippen molar-refractivity contribution in [2.75, 3.05) is 6.54 Å². The molecule has 0 bridgehead atoms. The Bertz CT molecular complexity index is 535. The van der Waals surface area contributed by atoms with Crippen molar-refractivity contribution >= 4 is 22.8 Å². The summed E-state index contributed by atoms with van der Waals surface area (Å²) in [6.07, 6.45) is 4.39. The van der Waals surface area contributed by atoms with Gasteiger partial charge in [0, 0.05) is 10.9 Å². The fourth-order valence-corrected chi connectivity index (χ4v) is 3.97. The zero-order valence-corrected chi connectivity index (χ0v) is 11.8. The number of fused-ring (bicyclic) bond motifs is 1. The largest absolute Gasteiger partial charge is 0.327 e. The molecule has 19 heavy (non-hydrogen) atoms. The maximum absolute atomic E-state index is 12.8. The highest BCUT2D eigenvalue weighted by Crippen LogP contribution is 2.33. The van der Waals surface area contributed by atoms with Gasteiger partial charge in [-0.1, -0.05) is 25.0 Å². The predicted octanol–water partition coefficient (Wildman–Crippen LogP) is 3.01. The van der Waals surface area contributed by atoms with Crippen molar-refractivity contribution in [3.05, 3.63) is 29.3 Å². The van der Waals surface area contributed by atoms with Crippen LogP contribution < -0.4 is 0 Å². The zero-order valence-electron chi connectivity index (χ0n) is 11.0. The zero-order chi connectivity index (χ0) is 13.4. The Morgan fingerprint density at radius 2 is 1.95 bits per heavy atom. The molecule has 0 N–H and O–H groups in total. The van der Waals surface area contributed by atoms with Crippen LogP contribution in [-0.2, 0) is 4.79 Å². The highest BCUT2D eigenvalue weighted by Gasteiger charge is 2.33. The van der Waals surface area contributed by atoms with Crippen LogP contribution in [0.25, 0.3) is 0 Å². The third kappa shape index (κ3) is 2.29. The van der Waals surface area contributed by atoms with Crippen LogP contribution in [-0.4, -0.2) is 28.5 Å². The number of hydrogen-bond acceptors (Lipinski definition) is 3. The molecule has 0 spiro atoms. The van der Waals surface area contributed by atoms with E-state index in [2.05, 4.69) is 0 Å². The van der Waals surface area contributed by atoms with Gasteiger partial charge in [-0.3, -0.25) is 9.59 Å². The number of rotatable bonds is 1. The van der Waals surface area contributed by atoms with Gasteiger partial charge in [0.05, 0.1) is 12.1 Å². The van der Waals surface area contributed by atoms with Gasteiger partial charge in [0.25, 0.3) is 5.91 Å². The van der Waals surface area contributed by atoms with Gasteiger partial charge in [-0.25, -0.2) is 0 Å². The van der Waals surface area contributed by atoms with E-state index in [1.54, 1.807) is 4.90 Å².